The van der Waals surface area contributed by atoms with E-state index in [0.717, 1.165) is 17.7 Å². The zero-order valence-electron chi connectivity index (χ0n) is 9.33. The van der Waals surface area contributed by atoms with Gasteiger partial charge in [0.1, 0.15) is 0 Å². The first-order valence-corrected chi connectivity index (χ1v) is 4.47. The summed E-state index contributed by atoms with van der Waals surface area (Å²) in [5, 5.41) is 11.9. The zero-order valence-corrected chi connectivity index (χ0v) is 9.33. The van der Waals surface area contributed by atoms with Gasteiger partial charge < -0.3 is 11.3 Å². The number of hydrazone groups is 1. The highest BCUT2D eigenvalue weighted by molar-refractivity contribution is 5.94. The topological polar surface area (TPSA) is 115 Å². The normalized spacial score (nSPS) is 10.1. The van der Waals surface area contributed by atoms with Crippen LogP contribution in [-0.2, 0) is 9.59 Å². The second kappa shape index (κ2) is 7.77. The average Bonchev–Trinajstić information content (AvgIpc) is 2.28. The maximum absolute atomic E-state index is 11.0. The van der Waals surface area contributed by atoms with E-state index < -0.39 is 11.9 Å². The van der Waals surface area contributed by atoms with E-state index in [1.807, 2.05) is 30.3 Å². The van der Waals surface area contributed by atoms with Gasteiger partial charge in [0.05, 0.1) is 6.21 Å². The summed E-state index contributed by atoms with van der Waals surface area (Å²) < 4.78 is 0. The largest absolute Gasteiger partial charge is 0.478 e. The number of aliphatic carboxylic acids is 1. The molecule has 0 fully saturated rings. The van der Waals surface area contributed by atoms with Crippen molar-refractivity contribution in [3.8, 4) is 0 Å². The summed E-state index contributed by atoms with van der Waals surface area (Å²) >= 11 is 0. The van der Waals surface area contributed by atoms with E-state index in [4.69, 9.17) is 5.11 Å². The van der Waals surface area contributed by atoms with Gasteiger partial charge in [0, 0.05) is 12.2 Å². The summed E-state index contributed by atoms with van der Waals surface area (Å²) in [6, 6.07) is 9.19. The molecule has 0 radical (unpaired) electrons. The lowest BCUT2D eigenvalue weighted by molar-refractivity contribution is -0.131. The molecule has 0 unspecified atom stereocenters. The average molecular weight is 236 g/mol. The number of carbonyl (C=O) groups is 2. The van der Waals surface area contributed by atoms with Crippen LogP contribution in [0.5, 0.6) is 0 Å². The van der Waals surface area contributed by atoms with Crippen molar-refractivity contribution in [3.05, 3.63) is 48.0 Å². The SMILES string of the molecule is O=C(O)/C=C\C(=O)N/N=C\c1ccccc1.[NH4+]. The molecule has 1 aromatic rings. The number of carbonyl (C=O) groups excluding carboxylic acids is 1. The number of amides is 1. The number of hydrogen-bond acceptors (Lipinski definition) is 3. The number of hydrogen-bond donors (Lipinski definition) is 3. The summed E-state index contributed by atoms with van der Waals surface area (Å²) in [6.07, 6.45) is 3.10. The van der Waals surface area contributed by atoms with E-state index in [1.165, 1.54) is 6.21 Å². The van der Waals surface area contributed by atoms with Crippen LogP contribution in [0.15, 0.2) is 47.6 Å². The van der Waals surface area contributed by atoms with Crippen molar-refractivity contribution in [3.63, 3.8) is 0 Å². The van der Waals surface area contributed by atoms with Crippen LogP contribution in [0, 0.1) is 0 Å². The molecule has 0 bridgehead atoms. The lowest BCUT2D eigenvalue weighted by atomic mass is 10.2. The molecule has 6 N–H and O–H groups in total. The molecule has 0 spiro atoms. The lowest BCUT2D eigenvalue weighted by Crippen LogP contribution is -2.14. The molecular weight excluding hydrogens is 222 g/mol. The van der Waals surface area contributed by atoms with Gasteiger partial charge in [0.2, 0.25) is 0 Å². The van der Waals surface area contributed by atoms with Crippen LogP contribution in [0.3, 0.4) is 0 Å². The first kappa shape index (κ1) is 14.5. The minimum absolute atomic E-state index is 0. The Morgan fingerprint density at radius 1 is 1.18 bits per heavy atom. The molecule has 1 amide bonds. The van der Waals surface area contributed by atoms with Crippen LogP contribution in [-0.4, -0.2) is 23.2 Å². The number of nitrogens with one attached hydrogen (secondary N) is 1. The van der Waals surface area contributed by atoms with E-state index in [-0.39, 0.29) is 6.15 Å². The Kier molecular flexibility index (Phi) is 6.64. The van der Waals surface area contributed by atoms with Crippen molar-refractivity contribution in [2.45, 2.75) is 0 Å². The fourth-order valence-electron chi connectivity index (χ4n) is 0.894. The van der Waals surface area contributed by atoms with Crippen molar-refractivity contribution >= 4 is 18.1 Å². The summed E-state index contributed by atoms with van der Waals surface area (Å²) in [7, 11) is 0. The van der Waals surface area contributed by atoms with Crippen LogP contribution in [0.4, 0.5) is 0 Å². The van der Waals surface area contributed by atoms with Crippen molar-refractivity contribution in [2.24, 2.45) is 5.10 Å². The highest BCUT2D eigenvalue weighted by Gasteiger charge is 1.93. The van der Waals surface area contributed by atoms with Crippen LogP contribution >= 0.6 is 0 Å². The molecule has 1 aromatic carbocycles. The minimum atomic E-state index is -1.18. The quantitative estimate of drug-likeness (QED) is 0.413. The molecule has 90 valence electrons. The molecule has 0 aliphatic heterocycles. The van der Waals surface area contributed by atoms with Crippen molar-refractivity contribution < 1.29 is 14.7 Å². The molecule has 0 aromatic heterocycles. The number of rotatable bonds is 4. The predicted octanol–water partition coefficient (Wildman–Crippen LogP) is 1.15. The van der Waals surface area contributed by atoms with Crippen LogP contribution in [0.1, 0.15) is 5.56 Å². The zero-order chi connectivity index (χ0) is 11.8. The monoisotopic (exact) mass is 236 g/mol. The molecule has 1 rings (SSSR count). The van der Waals surface area contributed by atoms with Gasteiger partial charge in [0.15, 0.2) is 0 Å². The van der Waals surface area contributed by atoms with Gasteiger partial charge in [-0.05, 0) is 5.56 Å². The third-order valence-corrected chi connectivity index (χ3v) is 1.57. The molecule has 17 heavy (non-hydrogen) atoms. The number of quaternary nitrogens is 1. The number of carboxylic acid groups (broad SMARTS) is 1. The Hall–Kier alpha value is -2.47. The summed E-state index contributed by atoms with van der Waals surface area (Å²) in [5.74, 6) is -1.77. The van der Waals surface area contributed by atoms with Crippen molar-refractivity contribution in [1.29, 1.82) is 0 Å². The van der Waals surface area contributed by atoms with E-state index in [0.29, 0.717) is 0 Å². The Bertz CT molecular complexity index is 427. The Morgan fingerprint density at radius 3 is 2.41 bits per heavy atom. The molecule has 0 heterocycles. The fourth-order valence-corrected chi connectivity index (χ4v) is 0.894. The van der Waals surface area contributed by atoms with E-state index >= 15 is 0 Å². The smallest absolute Gasteiger partial charge is 0.328 e. The predicted molar refractivity (Wildman–Crippen MR) is 64.9 cm³/mol. The van der Waals surface area contributed by atoms with E-state index in [9.17, 15) is 9.59 Å². The summed E-state index contributed by atoms with van der Waals surface area (Å²) in [5.41, 5.74) is 3.00. The summed E-state index contributed by atoms with van der Waals surface area (Å²) in [6.45, 7) is 0. The highest BCUT2D eigenvalue weighted by atomic mass is 16.4. The molecule has 6 nitrogen and oxygen atoms in total. The molecular formula is C11H14N3O3+. The second-order valence-electron chi connectivity index (χ2n) is 2.82. The van der Waals surface area contributed by atoms with Gasteiger partial charge in [-0.1, -0.05) is 30.3 Å². The van der Waals surface area contributed by atoms with Crippen molar-refractivity contribution in [1.82, 2.24) is 11.6 Å². The molecule has 0 saturated heterocycles. The second-order valence-corrected chi connectivity index (χ2v) is 2.82. The molecule has 6 heteroatoms. The third-order valence-electron chi connectivity index (χ3n) is 1.57. The first-order chi connectivity index (χ1) is 7.68. The van der Waals surface area contributed by atoms with E-state index in [1.54, 1.807) is 0 Å². The molecule has 0 aliphatic rings. The molecule has 0 atom stereocenters. The van der Waals surface area contributed by atoms with E-state index in [2.05, 4.69) is 10.5 Å². The Labute approximate surface area is 98.2 Å². The number of nitrogens with zero attached hydrogens (tertiary/aromatic N) is 1. The first-order valence-electron chi connectivity index (χ1n) is 4.47. The van der Waals surface area contributed by atoms with Gasteiger partial charge in [-0.15, -0.1) is 0 Å². The molecule has 0 saturated carbocycles. The maximum atomic E-state index is 11.0. The van der Waals surface area contributed by atoms with Crippen LogP contribution in [0.25, 0.3) is 0 Å². The van der Waals surface area contributed by atoms with Crippen LogP contribution in [0.2, 0.25) is 0 Å². The van der Waals surface area contributed by atoms with Crippen molar-refractivity contribution in [2.75, 3.05) is 0 Å². The fraction of sp³-hybridized carbons (Fsp3) is 0. The van der Waals surface area contributed by atoms with Gasteiger partial charge in [-0.25, -0.2) is 10.2 Å². The van der Waals surface area contributed by atoms with Gasteiger partial charge >= 0.3 is 5.97 Å². The van der Waals surface area contributed by atoms with Gasteiger partial charge in [-0.3, -0.25) is 4.79 Å². The number of benzene rings is 1. The van der Waals surface area contributed by atoms with Gasteiger partial charge in [-0.2, -0.15) is 5.10 Å². The highest BCUT2D eigenvalue weighted by Crippen LogP contribution is 1.92. The lowest BCUT2D eigenvalue weighted by Gasteiger charge is -1.92. The Balaban J connectivity index is 0.00000256. The molecule has 0 aliphatic carbocycles. The summed E-state index contributed by atoms with van der Waals surface area (Å²) in [4.78, 5) is 21.1. The third kappa shape index (κ3) is 6.58. The Morgan fingerprint density at radius 2 is 1.82 bits per heavy atom. The standard InChI is InChI=1S/C11H10N2O3.H3N/c14-10(6-7-11(15)16)13-12-8-9-4-2-1-3-5-9;/h1-8H,(H,13,14)(H,15,16);1H3/p+1/b7-6-,12-8-;. The minimum Gasteiger partial charge on any atom is -0.478 e. The number of carboxylic acids is 1. The maximum Gasteiger partial charge on any atom is 0.328 e. The van der Waals surface area contributed by atoms with Gasteiger partial charge in [0.25, 0.3) is 5.91 Å². The van der Waals surface area contributed by atoms with Crippen LogP contribution < -0.4 is 11.6 Å².